The van der Waals surface area contributed by atoms with Gasteiger partial charge in [-0.2, -0.15) is 4.98 Å². The molecule has 2 N–H and O–H groups in total. The molecule has 0 aromatic carbocycles. The van der Waals surface area contributed by atoms with Gasteiger partial charge in [0.05, 0.1) is 5.54 Å². The van der Waals surface area contributed by atoms with Crippen molar-refractivity contribution >= 4 is 0 Å². The highest BCUT2D eigenvalue weighted by Gasteiger charge is 2.34. The summed E-state index contributed by atoms with van der Waals surface area (Å²) in [4.78, 5) is 4.27. The molecule has 1 heterocycles. The Labute approximate surface area is 90.2 Å². The summed E-state index contributed by atoms with van der Waals surface area (Å²) in [5, 5.41) is 3.97. The molecule has 0 bridgehead atoms. The smallest absolute Gasteiger partial charge is 0.223 e. The number of aromatic nitrogens is 2. The minimum absolute atomic E-state index is 0.359. The van der Waals surface area contributed by atoms with E-state index in [4.69, 9.17) is 10.3 Å². The Hall–Kier alpha value is -0.900. The van der Waals surface area contributed by atoms with E-state index in [2.05, 4.69) is 17.1 Å². The molecule has 1 aliphatic rings. The third kappa shape index (κ3) is 2.20. The molecule has 4 nitrogen and oxygen atoms in total. The van der Waals surface area contributed by atoms with E-state index in [-0.39, 0.29) is 5.54 Å². The predicted octanol–water partition coefficient (Wildman–Crippen LogP) is 2.13. The van der Waals surface area contributed by atoms with Gasteiger partial charge in [0.15, 0.2) is 5.82 Å². The average molecular weight is 209 g/mol. The van der Waals surface area contributed by atoms with Crippen LogP contribution in [-0.4, -0.2) is 10.1 Å². The summed E-state index contributed by atoms with van der Waals surface area (Å²) in [6.45, 7) is 4.09. The fourth-order valence-electron chi connectivity index (χ4n) is 2.26. The Bertz CT molecular complexity index is 336. The van der Waals surface area contributed by atoms with Gasteiger partial charge >= 0.3 is 0 Å². The first-order valence-electron chi connectivity index (χ1n) is 5.70. The van der Waals surface area contributed by atoms with E-state index in [0.717, 1.165) is 31.6 Å². The normalized spacial score (nSPS) is 32.6. The van der Waals surface area contributed by atoms with Crippen molar-refractivity contribution < 1.29 is 4.52 Å². The maximum atomic E-state index is 6.37. The van der Waals surface area contributed by atoms with Gasteiger partial charge in [-0.05, 0) is 25.2 Å². The summed E-state index contributed by atoms with van der Waals surface area (Å²) in [7, 11) is 0. The molecule has 0 saturated heterocycles. The highest BCUT2D eigenvalue weighted by atomic mass is 16.5. The molecule has 1 saturated carbocycles. The molecule has 15 heavy (non-hydrogen) atoms. The van der Waals surface area contributed by atoms with Crippen LogP contribution in [0.2, 0.25) is 0 Å². The maximum absolute atomic E-state index is 6.37. The first-order valence-corrected chi connectivity index (χ1v) is 5.70. The first kappa shape index (κ1) is 10.6. The van der Waals surface area contributed by atoms with Crippen molar-refractivity contribution in [1.82, 2.24) is 10.1 Å². The van der Waals surface area contributed by atoms with Crippen molar-refractivity contribution in [3.8, 4) is 0 Å². The van der Waals surface area contributed by atoms with Crippen LogP contribution in [0.1, 0.15) is 50.7 Å². The molecular formula is C11H19N3O. The Kier molecular flexibility index (Phi) is 2.78. The molecule has 0 spiro atoms. The largest absolute Gasteiger partial charge is 0.340 e. The second-order valence-corrected chi connectivity index (χ2v) is 4.83. The summed E-state index contributed by atoms with van der Waals surface area (Å²) < 4.78 is 5.01. The van der Waals surface area contributed by atoms with Crippen LogP contribution in [0.5, 0.6) is 0 Å². The Morgan fingerprint density at radius 1 is 1.40 bits per heavy atom. The number of nitrogens with zero attached hydrogens (tertiary/aromatic N) is 2. The van der Waals surface area contributed by atoms with Crippen molar-refractivity contribution in [2.24, 2.45) is 11.7 Å². The molecule has 2 unspecified atom stereocenters. The van der Waals surface area contributed by atoms with E-state index >= 15 is 0 Å². The third-order valence-corrected chi connectivity index (χ3v) is 3.38. The first-order chi connectivity index (χ1) is 7.10. The zero-order valence-electron chi connectivity index (χ0n) is 9.49. The zero-order valence-corrected chi connectivity index (χ0v) is 9.49. The molecule has 1 fully saturated rings. The molecule has 2 rings (SSSR count). The predicted molar refractivity (Wildman–Crippen MR) is 57.1 cm³/mol. The minimum atomic E-state index is -0.359. The quantitative estimate of drug-likeness (QED) is 0.719. The molecule has 0 radical (unpaired) electrons. The second kappa shape index (κ2) is 3.93. The lowest BCUT2D eigenvalue weighted by molar-refractivity contribution is 0.325. The number of nitrogens with two attached hydrogens (primary N) is 1. The monoisotopic (exact) mass is 209 g/mol. The summed E-state index contributed by atoms with van der Waals surface area (Å²) in [5.41, 5.74) is 6.01. The van der Waals surface area contributed by atoms with Crippen LogP contribution in [-0.2, 0) is 5.54 Å². The third-order valence-electron chi connectivity index (χ3n) is 3.38. The average Bonchev–Trinajstić information content (AvgIpc) is 2.55. The van der Waals surface area contributed by atoms with Crippen molar-refractivity contribution in [3.63, 3.8) is 0 Å². The van der Waals surface area contributed by atoms with Gasteiger partial charge in [0.25, 0.3) is 0 Å². The Morgan fingerprint density at radius 2 is 2.20 bits per heavy atom. The maximum Gasteiger partial charge on any atom is 0.223 e. The molecule has 1 aliphatic carbocycles. The molecule has 84 valence electrons. The van der Waals surface area contributed by atoms with Gasteiger partial charge in [0, 0.05) is 6.92 Å². The summed E-state index contributed by atoms with van der Waals surface area (Å²) in [6, 6.07) is 0. The van der Waals surface area contributed by atoms with E-state index < -0.39 is 0 Å². The van der Waals surface area contributed by atoms with E-state index in [1.54, 1.807) is 6.92 Å². The van der Waals surface area contributed by atoms with Crippen molar-refractivity contribution in [3.05, 3.63) is 11.7 Å². The van der Waals surface area contributed by atoms with Crippen LogP contribution in [0.25, 0.3) is 0 Å². The summed E-state index contributed by atoms with van der Waals surface area (Å²) >= 11 is 0. The Morgan fingerprint density at radius 3 is 2.87 bits per heavy atom. The van der Waals surface area contributed by atoms with Crippen molar-refractivity contribution in [2.45, 2.75) is 51.5 Å². The topological polar surface area (TPSA) is 64.9 Å². The molecule has 1 aromatic rings. The van der Waals surface area contributed by atoms with Gasteiger partial charge in [-0.1, -0.05) is 24.9 Å². The van der Waals surface area contributed by atoms with Crippen molar-refractivity contribution in [1.29, 1.82) is 0 Å². The molecular weight excluding hydrogens is 190 g/mol. The van der Waals surface area contributed by atoms with Gasteiger partial charge in [-0.15, -0.1) is 0 Å². The van der Waals surface area contributed by atoms with E-state index in [1.807, 2.05) is 0 Å². The summed E-state index contributed by atoms with van der Waals surface area (Å²) in [5.74, 6) is 2.06. The van der Waals surface area contributed by atoms with E-state index in [1.165, 1.54) is 6.42 Å². The number of aryl methyl sites for hydroxylation is 1. The van der Waals surface area contributed by atoms with Crippen LogP contribution >= 0.6 is 0 Å². The Balaban J connectivity index is 2.18. The van der Waals surface area contributed by atoms with Crippen LogP contribution in [0.15, 0.2) is 4.52 Å². The van der Waals surface area contributed by atoms with Gasteiger partial charge in [0.1, 0.15) is 0 Å². The molecule has 2 atom stereocenters. The number of hydrogen-bond donors (Lipinski definition) is 1. The number of hydrogen-bond acceptors (Lipinski definition) is 4. The fraction of sp³-hybridized carbons (Fsp3) is 0.818. The van der Waals surface area contributed by atoms with E-state index in [0.29, 0.717) is 11.7 Å². The lowest BCUT2D eigenvalue weighted by atomic mass is 9.90. The molecule has 0 amide bonds. The van der Waals surface area contributed by atoms with Gasteiger partial charge in [-0.3, -0.25) is 0 Å². The van der Waals surface area contributed by atoms with E-state index in [9.17, 15) is 0 Å². The van der Waals surface area contributed by atoms with Crippen LogP contribution in [0.4, 0.5) is 0 Å². The SMILES string of the molecule is Cc1nc(C2(N)CCCC(C)CC2)no1. The highest BCUT2D eigenvalue weighted by molar-refractivity contribution is 5.04. The fourth-order valence-corrected chi connectivity index (χ4v) is 2.26. The van der Waals surface area contributed by atoms with Gasteiger partial charge < -0.3 is 10.3 Å². The number of rotatable bonds is 1. The minimum Gasteiger partial charge on any atom is -0.340 e. The van der Waals surface area contributed by atoms with Crippen LogP contribution < -0.4 is 5.73 Å². The molecule has 0 aliphatic heterocycles. The van der Waals surface area contributed by atoms with Crippen LogP contribution in [0, 0.1) is 12.8 Å². The zero-order chi connectivity index (χ0) is 10.9. The second-order valence-electron chi connectivity index (χ2n) is 4.83. The lowest BCUT2D eigenvalue weighted by Crippen LogP contribution is -2.37. The summed E-state index contributed by atoms with van der Waals surface area (Å²) in [6.07, 6.45) is 5.51. The van der Waals surface area contributed by atoms with Gasteiger partial charge in [0.2, 0.25) is 5.89 Å². The van der Waals surface area contributed by atoms with Crippen LogP contribution in [0.3, 0.4) is 0 Å². The highest BCUT2D eigenvalue weighted by Crippen LogP contribution is 2.34. The lowest BCUT2D eigenvalue weighted by Gasteiger charge is -2.23. The molecule has 1 aromatic heterocycles. The van der Waals surface area contributed by atoms with Crippen molar-refractivity contribution in [2.75, 3.05) is 0 Å². The molecule has 4 heteroatoms. The standard InChI is InChI=1S/C11H19N3O/c1-8-4-3-6-11(12,7-5-8)10-13-9(2)15-14-10/h8H,3-7,12H2,1-2H3. The van der Waals surface area contributed by atoms with Gasteiger partial charge in [-0.25, -0.2) is 0 Å².